The Morgan fingerprint density at radius 2 is 1.85 bits per heavy atom. The number of hydrogen-bond acceptors (Lipinski definition) is 6. The Labute approximate surface area is 234 Å². The van der Waals surface area contributed by atoms with Gasteiger partial charge >= 0.3 is 12.2 Å². The van der Waals surface area contributed by atoms with Crippen molar-refractivity contribution in [3.63, 3.8) is 0 Å². The highest BCUT2D eigenvalue weighted by Gasteiger charge is 2.43. The predicted molar refractivity (Wildman–Crippen MR) is 144 cm³/mol. The number of urea groups is 1. The van der Waals surface area contributed by atoms with Gasteiger partial charge < -0.3 is 10.6 Å². The van der Waals surface area contributed by atoms with E-state index in [0.29, 0.717) is 41.1 Å². The molecule has 14 heteroatoms. The van der Waals surface area contributed by atoms with Gasteiger partial charge in [-0.15, -0.1) is 12.4 Å². The molecule has 4 heterocycles. The lowest BCUT2D eigenvalue weighted by molar-refractivity contribution is -0.139. The molecule has 40 heavy (non-hydrogen) atoms. The molecule has 3 aromatic rings. The molecule has 0 atom stereocenters. The number of nitrogens with one attached hydrogen (secondary N) is 3. The van der Waals surface area contributed by atoms with Crippen molar-refractivity contribution in [2.45, 2.75) is 50.7 Å². The van der Waals surface area contributed by atoms with Crippen LogP contribution in [0.3, 0.4) is 0 Å². The Hall–Kier alpha value is -3.45. The van der Waals surface area contributed by atoms with E-state index in [2.05, 4.69) is 30.9 Å². The second-order valence-corrected chi connectivity index (χ2v) is 10.2. The van der Waals surface area contributed by atoms with Crippen LogP contribution in [0.2, 0.25) is 0 Å². The highest BCUT2D eigenvalue weighted by Crippen LogP contribution is 2.41. The first kappa shape index (κ1) is 29.5. The third-order valence-corrected chi connectivity index (χ3v) is 7.73. The fraction of sp³-hybridized carbons (Fsp3) is 0.462. The molecule has 0 unspecified atom stereocenters. The molecule has 2 aromatic heterocycles. The van der Waals surface area contributed by atoms with Gasteiger partial charge in [0.15, 0.2) is 5.65 Å². The molecule has 1 aromatic carbocycles. The van der Waals surface area contributed by atoms with E-state index in [4.69, 9.17) is 0 Å². The predicted octanol–water partition coefficient (Wildman–Crippen LogP) is 5.25. The Morgan fingerprint density at radius 3 is 2.52 bits per heavy atom. The van der Waals surface area contributed by atoms with E-state index < -0.39 is 29.5 Å². The summed E-state index contributed by atoms with van der Waals surface area (Å²) in [5.74, 6) is -2.27. The van der Waals surface area contributed by atoms with Gasteiger partial charge in [-0.05, 0) is 70.3 Å². The number of aryl methyl sites for hydroxylation is 2. The normalized spacial score (nSPS) is 16.4. The van der Waals surface area contributed by atoms with Crippen molar-refractivity contribution in [1.29, 1.82) is 0 Å². The number of fused-ring (bicyclic) bond motifs is 2. The van der Waals surface area contributed by atoms with Crippen molar-refractivity contribution < 1.29 is 27.2 Å². The number of pyridine rings is 1. The van der Waals surface area contributed by atoms with Crippen molar-refractivity contribution in [2.75, 3.05) is 30.3 Å². The smallest absolute Gasteiger partial charge is 0.384 e. The topological polar surface area (TPSA) is 104 Å². The highest BCUT2D eigenvalue weighted by atomic mass is 35.5. The van der Waals surface area contributed by atoms with E-state index >= 15 is 0 Å². The van der Waals surface area contributed by atoms with Gasteiger partial charge in [-0.2, -0.15) is 18.3 Å². The number of halogens is 5. The molecule has 0 aliphatic carbocycles. The minimum atomic E-state index is -4.94. The molecule has 0 bridgehead atoms. The summed E-state index contributed by atoms with van der Waals surface area (Å²) in [4.78, 5) is 32.6. The molecule has 9 nitrogen and oxygen atoms in total. The SMILES string of the molecule is Cc1nn(C)c2ncc(C(=O)NC(=O)Nc3ccc(F)c(C(F)(F)F)c3)c(NCCC34CCCN3CCC4)c12.Cl. The molecule has 0 spiro atoms. The lowest BCUT2D eigenvalue weighted by atomic mass is 9.90. The zero-order valence-electron chi connectivity index (χ0n) is 22.0. The number of aromatic nitrogens is 3. The van der Waals surface area contributed by atoms with Gasteiger partial charge in [0.25, 0.3) is 5.91 Å². The molecule has 2 fully saturated rings. The Kier molecular flexibility index (Phi) is 8.27. The molecular weight excluding hydrogens is 554 g/mol. The van der Waals surface area contributed by atoms with Crippen LogP contribution in [0.5, 0.6) is 0 Å². The molecular formula is C26H30ClF4N7O2. The van der Waals surface area contributed by atoms with Crippen LogP contribution in [0.4, 0.5) is 33.7 Å². The minimum absolute atomic E-state index is 0. The third-order valence-electron chi connectivity index (χ3n) is 7.73. The van der Waals surface area contributed by atoms with Crippen LogP contribution in [-0.2, 0) is 13.2 Å². The summed E-state index contributed by atoms with van der Waals surface area (Å²) in [6.45, 7) is 4.59. The van der Waals surface area contributed by atoms with Crippen molar-refractivity contribution in [3.8, 4) is 0 Å². The summed E-state index contributed by atoms with van der Waals surface area (Å²) in [6, 6.07) is 0.970. The number of alkyl halides is 3. The van der Waals surface area contributed by atoms with E-state index in [1.165, 1.54) is 19.0 Å². The average Bonchev–Trinajstić information content (AvgIpc) is 3.52. The molecule has 3 amide bonds. The van der Waals surface area contributed by atoms with E-state index in [1.54, 1.807) is 18.7 Å². The first-order valence-corrected chi connectivity index (χ1v) is 12.8. The van der Waals surface area contributed by atoms with E-state index in [1.807, 2.05) is 0 Å². The lowest BCUT2D eigenvalue weighted by Crippen LogP contribution is -2.39. The van der Waals surface area contributed by atoms with E-state index in [-0.39, 0.29) is 29.2 Å². The molecule has 5 rings (SSSR count). The maximum absolute atomic E-state index is 13.6. The number of amides is 3. The summed E-state index contributed by atoms with van der Waals surface area (Å²) in [5.41, 5.74) is 0.101. The Morgan fingerprint density at radius 1 is 1.15 bits per heavy atom. The molecule has 0 radical (unpaired) electrons. The van der Waals surface area contributed by atoms with Crippen molar-refractivity contribution in [1.82, 2.24) is 25.0 Å². The van der Waals surface area contributed by atoms with Crippen molar-refractivity contribution in [2.24, 2.45) is 7.05 Å². The summed E-state index contributed by atoms with van der Waals surface area (Å²) >= 11 is 0. The van der Waals surface area contributed by atoms with Gasteiger partial charge in [0.1, 0.15) is 5.82 Å². The number of carbonyl (C=O) groups is 2. The van der Waals surface area contributed by atoms with Gasteiger partial charge in [-0.3, -0.25) is 19.7 Å². The van der Waals surface area contributed by atoms with Crippen LogP contribution < -0.4 is 16.0 Å². The zero-order chi connectivity index (χ0) is 27.9. The van der Waals surface area contributed by atoms with Gasteiger partial charge in [0, 0.05) is 31.0 Å². The number of carbonyl (C=O) groups excluding carboxylic acids is 2. The molecule has 0 saturated carbocycles. The molecule has 2 aliphatic heterocycles. The van der Waals surface area contributed by atoms with E-state index in [9.17, 15) is 27.2 Å². The second-order valence-electron chi connectivity index (χ2n) is 10.2. The summed E-state index contributed by atoms with van der Waals surface area (Å²) in [7, 11) is 1.74. The lowest BCUT2D eigenvalue weighted by Gasteiger charge is -2.32. The number of benzene rings is 1. The number of nitrogens with zero attached hydrogens (tertiary/aromatic N) is 4. The maximum Gasteiger partial charge on any atom is 0.419 e. The van der Waals surface area contributed by atoms with Crippen molar-refractivity contribution >= 4 is 46.8 Å². The number of imide groups is 1. The fourth-order valence-electron chi connectivity index (χ4n) is 5.97. The van der Waals surface area contributed by atoms with Gasteiger partial charge in [-0.1, -0.05) is 0 Å². The summed E-state index contributed by atoms with van der Waals surface area (Å²) < 4.78 is 54.3. The van der Waals surface area contributed by atoms with Crippen LogP contribution in [0, 0.1) is 12.7 Å². The highest BCUT2D eigenvalue weighted by molar-refractivity contribution is 6.13. The average molecular weight is 584 g/mol. The van der Waals surface area contributed by atoms with Crippen LogP contribution >= 0.6 is 12.4 Å². The fourth-order valence-corrected chi connectivity index (χ4v) is 5.97. The van der Waals surface area contributed by atoms with Gasteiger partial charge in [-0.25, -0.2) is 14.2 Å². The quantitative estimate of drug-likeness (QED) is 0.343. The minimum Gasteiger partial charge on any atom is -0.384 e. The van der Waals surface area contributed by atoms with Gasteiger partial charge in [0.2, 0.25) is 0 Å². The number of rotatable bonds is 6. The third kappa shape index (κ3) is 5.57. The number of anilines is 2. The van der Waals surface area contributed by atoms with Crippen molar-refractivity contribution in [3.05, 3.63) is 47.0 Å². The molecule has 2 aliphatic rings. The zero-order valence-corrected chi connectivity index (χ0v) is 22.8. The maximum atomic E-state index is 13.6. The van der Waals surface area contributed by atoms with Crippen LogP contribution in [-0.4, -0.2) is 56.8 Å². The molecule has 3 N–H and O–H groups in total. The standard InChI is InChI=1S/C26H29F4N7O2.ClH/c1-15-20-21(31-10-9-25-7-3-11-37(25)12-4-8-25)17(14-32-22(20)36(2)35-15)23(38)34-24(39)33-16-5-6-19(27)18(13-16)26(28,29)30;/h5-6,13-14H,3-4,7-12H2,1-2H3,(H,31,32)(H2,33,34,38,39);1H. The molecule has 216 valence electrons. The Bertz CT molecular complexity index is 1430. The van der Waals surface area contributed by atoms with Crippen LogP contribution in [0.1, 0.15) is 53.7 Å². The summed E-state index contributed by atoms with van der Waals surface area (Å²) in [5, 5.41) is 12.8. The van der Waals surface area contributed by atoms with Crippen LogP contribution in [0.15, 0.2) is 24.4 Å². The Balaban J connectivity index is 0.00000370. The van der Waals surface area contributed by atoms with E-state index in [0.717, 1.165) is 38.4 Å². The van der Waals surface area contributed by atoms with Gasteiger partial charge in [0.05, 0.1) is 27.9 Å². The monoisotopic (exact) mass is 583 g/mol. The molecule has 2 saturated heterocycles. The first-order valence-electron chi connectivity index (χ1n) is 12.8. The first-order chi connectivity index (χ1) is 18.5. The summed E-state index contributed by atoms with van der Waals surface area (Å²) in [6.07, 6.45) is 1.90. The second kappa shape index (κ2) is 11.2. The number of hydrogen-bond donors (Lipinski definition) is 3. The van der Waals surface area contributed by atoms with Crippen LogP contribution in [0.25, 0.3) is 11.0 Å². The largest absolute Gasteiger partial charge is 0.419 e.